The van der Waals surface area contributed by atoms with Crippen molar-refractivity contribution in [2.75, 3.05) is 0 Å². The minimum absolute atomic E-state index is 1.21. The number of hydrogen-bond acceptors (Lipinski definition) is 2. The van der Waals surface area contributed by atoms with E-state index in [-0.39, 0.29) is 0 Å². The predicted octanol–water partition coefficient (Wildman–Crippen LogP) is 4.27. The number of hydrogen-bond donors (Lipinski definition) is 0. The van der Waals surface area contributed by atoms with Gasteiger partial charge in [0.1, 0.15) is 0 Å². The standard InChI is InChI=1S/C11H8S2/c1-2-4-9-6-7-11(13-9)10-5-3-8-12-10/h3-8H,1H2. The van der Waals surface area contributed by atoms with Crippen LogP contribution in [0, 0.1) is 0 Å². The maximum absolute atomic E-state index is 3.56. The minimum atomic E-state index is 1.21. The van der Waals surface area contributed by atoms with Gasteiger partial charge in [-0.25, -0.2) is 0 Å². The molecule has 64 valence electrons. The highest BCUT2D eigenvalue weighted by Gasteiger charge is 2.00. The number of thiophene rings is 2. The molecule has 0 fully saturated rings. The molecule has 2 aromatic rings. The van der Waals surface area contributed by atoms with Crippen LogP contribution in [0.15, 0.2) is 42.0 Å². The van der Waals surface area contributed by atoms with E-state index in [1.165, 1.54) is 14.6 Å². The molecule has 0 aliphatic rings. The summed E-state index contributed by atoms with van der Waals surface area (Å²) in [6, 6.07) is 8.44. The lowest BCUT2D eigenvalue weighted by Gasteiger charge is -1.86. The Hall–Kier alpha value is -1.08. The normalized spacial score (nSPS) is 9.54. The van der Waals surface area contributed by atoms with Gasteiger partial charge in [0, 0.05) is 14.6 Å². The lowest BCUT2D eigenvalue weighted by molar-refractivity contribution is 1.91. The van der Waals surface area contributed by atoms with E-state index in [0.29, 0.717) is 0 Å². The van der Waals surface area contributed by atoms with Crippen molar-refractivity contribution < 1.29 is 0 Å². The van der Waals surface area contributed by atoms with Crippen LogP contribution in [0.1, 0.15) is 4.88 Å². The van der Waals surface area contributed by atoms with E-state index >= 15 is 0 Å². The van der Waals surface area contributed by atoms with E-state index < -0.39 is 0 Å². The Morgan fingerprint density at radius 2 is 2.15 bits per heavy atom. The molecule has 0 amide bonds. The van der Waals surface area contributed by atoms with Crippen LogP contribution in [-0.2, 0) is 0 Å². The van der Waals surface area contributed by atoms with E-state index in [4.69, 9.17) is 0 Å². The lowest BCUT2D eigenvalue weighted by Crippen LogP contribution is -1.55. The molecule has 0 atom stereocenters. The Labute approximate surface area is 85.5 Å². The summed E-state index contributed by atoms with van der Waals surface area (Å²) in [6.45, 7) is 3.56. The molecule has 0 aromatic carbocycles. The first-order chi connectivity index (χ1) is 6.40. The SMILES string of the molecule is C=C=Cc1ccc(-c2cccs2)s1. The summed E-state index contributed by atoms with van der Waals surface area (Å²) in [7, 11) is 0. The first-order valence-electron chi connectivity index (χ1n) is 3.90. The van der Waals surface area contributed by atoms with Crippen molar-refractivity contribution in [2.45, 2.75) is 0 Å². The Balaban J connectivity index is 2.38. The van der Waals surface area contributed by atoms with Crippen LogP contribution in [0.3, 0.4) is 0 Å². The zero-order valence-corrected chi connectivity index (χ0v) is 8.62. The lowest BCUT2D eigenvalue weighted by atomic mass is 10.3. The summed E-state index contributed by atoms with van der Waals surface area (Å²) in [5, 5.41) is 2.10. The van der Waals surface area contributed by atoms with Crippen LogP contribution in [0.25, 0.3) is 15.8 Å². The number of rotatable bonds is 2. The fourth-order valence-electron chi connectivity index (χ4n) is 1.08. The second-order valence-corrected chi connectivity index (χ2v) is 4.59. The zero-order valence-electron chi connectivity index (χ0n) is 6.99. The van der Waals surface area contributed by atoms with Gasteiger partial charge in [0.2, 0.25) is 0 Å². The molecule has 2 aromatic heterocycles. The van der Waals surface area contributed by atoms with Crippen molar-refractivity contribution in [3.63, 3.8) is 0 Å². The van der Waals surface area contributed by atoms with Crippen LogP contribution in [0.4, 0.5) is 0 Å². The predicted molar refractivity (Wildman–Crippen MR) is 61.2 cm³/mol. The molecule has 2 heterocycles. The fourth-order valence-corrected chi connectivity index (χ4v) is 2.83. The molecule has 13 heavy (non-hydrogen) atoms. The Morgan fingerprint density at radius 3 is 2.85 bits per heavy atom. The van der Waals surface area contributed by atoms with E-state index in [0.717, 1.165) is 0 Å². The van der Waals surface area contributed by atoms with E-state index in [2.05, 4.69) is 42.0 Å². The largest absolute Gasteiger partial charge is 0.143 e. The second-order valence-electron chi connectivity index (χ2n) is 2.53. The third-order valence-electron chi connectivity index (χ3n) is 1.64. The smallest absolute Gasteiger partial charge is 0.0449 e. The van der Waals surface area contributed by atoms with Gasteiger partial charge in [-0.3, -0.25) is 0 Å². The molecule has 2 heteroatoms. The molecule has 0 nitrogen and oxygen atoms in total. The highest BCUT2D eigenvalue weighted by molar-refractivity contribution is 7.21. The van der Waals surface area contributed by atoms with Gasteiger partial charge in [-0.05, 0) is 29.7 Å². The van der Waals surface area contributed by atoms with Crippen molar-refractivity contribution in [1.82, 2.24) is 0 Å². The van der Waals surface area contributed by atoms with Crippen LogP contribution in [-0.4, -0.2) is 0 Å². The van der Waals surface area contributed by atoms with Gasteiger partial charge in [0.25, 0.3) is 0 Å². The zero-order chi connectivity index (χ0) is 9.10. The summed E-state index contributed by atoms with van der Waals surface area (Å²) in [6.07, 6.45) is 1.90. The van der Waals surface area contributed by atoms with Gasteiger partial charge >= 0.3 is 0 Å². The van der Waals surface area contributed by atoms with Gasteiger partial charge in [-0.2, -0.15) is 0 Å². The van der Waals surface area contributed by atoms with Crippen molar-refractivity contribution in [3.8, 4) is 9.75 Å². The minimum Gasteiger partial charge on any atom is -0.143 e. The molecule has 0 unspecified atom stereocenters. The molecular formula is C11H8S2. The molecule has 0 bridgehead atoms. The first-order valence-corrected chi connectivity index (χ1v) is 5.59. The highest BCUT2D eigenvalue weighted by atomic mass is 32.1. The summed E-state index contributed by atoms with van der Waals surface area (Å²) < 4.78 is 0. The summed E-state index contributed by atoms with van der Waals surface area (Å²) in [5.41, 5.74) is 2.78. The van der Waals surface area contributed by atoms with Gasteiger partial charge in [-0.15, -0.1) is 28.4 Å². The maximum atomic E-state index is 3.56. The molecule has 2 rings (SSSR count). The Bertz CT molecular complexity index is 428. The van der Waals surface area contributed by atoms with E-state index in [1.807, 2.05) is 6.08 Å². The summed E-state index contributed by atoms with van der Waals surface area (Å²) in [4.78, 5) is 3.85. The summed E-state index contributed by atoms with van der Waals surface area (Å²) in [5.74, 6) is 0. The second kappa shape index (κ2) is 3.75. The molecule has 0 radical (unpaired) electrons. The van der Waals surface area contributed by atoms with E-state index in [1.54, 1.807) is 22.7 Å². The monoisotopic (exact) mass is 204 g/mol. The van der Waals surface area contributed by atoms with Crippen LogP contribution < -0.4 is 0 Å². The summed E-state index contributed by atoms with van der Waals surface area (Å²) >= 11 is 3.54. The van der Waals surface area contributed by atoms with Crippen LogP contribution in [0.2, 0.25) is 0 Å². The van der Waals surface area contributed by atoms with E-state index in [9.17, 15) is 0 Å². The van der Waals surface area contributed by atoms with Gasteiger partial charge in [0.05, 0.1) is 0 Å². The Kier molecular flexibility index (Phi) is 2.46. The molecule has 0 saturated carbocycles. The van der Waals surface area contributed by atoms with Crippen molar-refractivity contribution >= 4 is 28.7 Å². The molecular weight excluding hydrogens is 196 g/mol. The van der Waals surface area contributed by atoms with Gasteiger partial charge in [-0.1, -0.05) is 12.6 Å². The van der Waals surface area contributed by atoms with Crippen molar-refractivity contribution in [3.05, 3.63) is 46.8 Å². The topological polar surface area (TPSA) is 0 Å². The average molecular weight is 204 g/mol. The third-order valence-corrected chi connectivity index (χ3v) is 3.73. The van der Waals surface area contributed by atoms with Crippen LogP contribution in [0.5, 0.6) is 0 Å². The molecule has 0 spiro atoms. The first kappa shape index (κ1) is 8.52. The van der Waals surface area contributed by atoms with Gasteiger partial charge < -0.3 is 0 Å². The maximum Gasteiger partial charge on any atom is 0.0449 e. The van der Waals surface area contributed by atoms with Crippen molar-refractivity contribution in [2.24, 2.45) is 0 Å². The van der Waals surface area contributed by atoms with Crippen LogP contribution >= 0.6 is 22.7 Å². The molecule has 0 aliphatic heterocycles. The molecule has 0 saturated heterocycles. The third kappa shape index (κ3) is 1.81. The van der Waals surface area contributed by atoms with Gasteiger partial charge in [0.15, 0.2) is 0 Å². The average Bonchev–Trinajstić information content (AvgIpc) is 2.70. The molecule has 0 aliphatic carbocycles. The highest BCUT2D eigenvalue weighted by Crippen LogP contribution is 2.31. The quantitative estimate of drug-likeness (QED) is 0.641. The van der Waals surface area contributed by atoms with Crippen molar-refractivity contribution in [1.29, 1.82) is 0 Å². The Morgan fingerprint density at radius 1 is 1.23 bits per heavy atom. The fraction of sp³-hybridized carbons (Fsp3) is 0. The molecule has 0 N–H and O–H groups in total.